The number of rotatable bonds is 1. The fourth-order valence-electron chi connectivity index (χ4n) is 3.29. The second kappa shape index (κ2) is 5.40. The van der Waals surface area contributed by atoms with Crippen LogP contribution in [0.1, 0.15) is 24.8 Å². The normalized spacial score (nSPS) is 23.8. The minimum absolute atomic E-state index is 0.646. The fraction of sp³-hybridized carbons (Fsp3) is 0.533. The molecule has 0 aromatic heterocycles. The van der Waals surface area contributed by atoms with Gasteiger partial charge in [0.2, 0.25) is 0 Å². The fourth-order valence-corrected chi connectivity index (χ4v) is 3.45. The summed E-state index contributed by atoms with van der Waals surface area (Å²) in [4.78, 5) is 4.94. The number of hydrogen-bond acceptors (Lipinski definition) is 3. The van der Waals surface area contributed by atoms with E-state index < -0.39 is 0 Å². The van der Waals surface area contributed by atoms with Crippen LogP contribution in [-0.2, 0) is 0 Å². The summed E-state index contributed by atoms with van der Waals surface area (Å²) >= 11 is 6.10. The zero-order chi connectivity index (χ0) is 13.2. The van der Waals surface area contributed by atoms with Crippen molar-refractivity contribution < 1.29 is 0 Å². The van der Waals surface area contributed by atoms with E-state index in [2.05, 4.69) is 15.9 Å². The van der Waals surface area contributed by atoms with Gasteiger partial charge in [-0.05, 0) is 44.0 Å². The van der Waals surface area contributed by atoms with Crippen LogP contribution in [0, 0.1) is 11.3 Å². The van der Waals surface area contributed by atoms with Crippen LogP contribution >= 0.6 is 11.6 Å². The Hall–Kier alpha value is -1.24. The van der Waals surface area contributed by atoms with E-state index in [-0.39, 0.29) is 0 Å². The van der Waals surface area contributed by atoms with Gasteiger partial charge in [-0.15, -0.1) is 0 Å². The molecular weight excluding hydrogens is 258 g/mol. The van der Waals surface area contributed by atoms with Crippen LogP contribution in [0.3, 0.4) is 0 Å². The Balaban J connectivity index is 1.89. The Morgan fingerprint density at radius 1 is 1.21 bits per heavy atom. The monoisotopic (exact) mass is 275 g/mol. The summed E-state index contributed by atoms with van der Waals surface area (Å²) < 4.78 is 0. The van der Waals surface area contributed by atoms with Crippen LogP contribution in [0.2, 0.25) is 5.02 Å². The third kappa shape index (κ3) is 2.56. The van der Waals surface area contributed by atoms with Gasteiger partial charge in [0.25, 0.3) is 0 Å². The predicted molar refractivity (Wildman–Crippen MR) is 77.6 cm³/mol. The highest BCUT2D eigenvalue weighted by atomic mass is 35.5. The second-order valence-corrected chi connectivity index (χ2v) is 5.84. The van der Waals surface area contributed by atoms with E-state index >= 15 is 0 Å². The van der Waals surface area contributed by atoms with E-state index in [4.69, 9.17) is 11.6 Å². The average Bonchev–Trinajstić information content (AvgIpc) is 2.76. The first-order valence-electron chi connectivity index (χ1n) is 6.96. The zero-order valence-corrected chi connectivity index (χ0v) is 11.7. The number of hydrogen-bond donors (Lipinski definition) is 0. The lowest BCUT2D eigenvalue weighted by Crippen LogP contribution is -2.36. The SMILES string of the molecule is N#Cc1ccc(Cl)cc1N1CCCN2CCCC2C1. The van der Waals surface area contributed by atoms with Crippen LogP contribution in [-0.4, -0.2) is 37.1 Å². The minimum atomic E-state index is 0.646. The first kappa shape index (κ1) is 12.8. The smallest absolute Gasteiger partial charge is 0.101 e. The molecule has 2 heterocycles. The van der Waals surface area contributed by atoms with Crippen LogP contribution in [0.15, 0.2) is 18.2 Å². The molecule has 0 N–H and O–H groups in total. The molecule has 19 heavy (non-hydrogen) atoms. The van der Waals surface area contributed by atoms with Gasteiger partial charge in [-0.25, -0.2) is 0 Å². The molecule has 4 heteroatoms. The largest absolute Gasteiger partial charge is 0.369 e. The lowest BCUT2D eigenvalue weighted by atomic mass is 10.1. The molecule has 1 aromatic rings. The van der Waals surface area contributed by atoms with Crippen molar-refractivity contribution in [1.82, 2.24) is 4.90 Å². The second-order valence-electron chi connectivity index (χ2n) is 5.40. The summed E-state index contributed by atoms with van der Waals surface area (Å²) in [7, 11) is 0. The van der Waals surface area contributed by atoms with Gasteiger partial charge in [0, 0.05) is 30.7 Å². The molecule has 1 unspecified atom stereocenters. The van der Waals surface area contributed by atoms with Crippen molar-refractivity contribution in [1.29, 1.82) is 5.26 Å². The highest BCUT2D eigenvalue weighted by Gasteiger charge is 2.29. The number of benzene rings is 1. The van der Waals surface area contributed by atoms with E-state index in [1.54, 1.807) is 6.07 Å². The minimum Gasteiger partial charge on any atom is -0.369 e. The van der Waals surface area contributed by atoms with Gasteiger partial charge in [0.1, 0.15) is 6.07 Å². The molecule has 0 saturated carbocycles. The molecular formula is C15H18ClN3. The molecule has 3 rings (SSSR count). The van der Waals surface area contributed by atoms with Crippen molar-refractivity contribution in [2.75, 3.05) is 31.1 Å². The lowest BCUT2D eigenvalue weighted by molar-refractivity contribution is 0.273. The van der Waals surface area contributed by atoms with E-state index in [1.807, 2.05) is 12.1 Å². The maximum Gasteiger partial charge on any atom is 0.101 e. The third-order valence-corrected chi connectivity index (χ3v) is 4.46. The first-order valence-corrected chi connectivity index (χ1v) is 7.34. The average molecular weight is 276 g/mol. The zero-order valence-electron chi connectivity index (χ0n) is 11.0. The highest BCUT2D eigenvalue weighted by Crippen LogP contribution is 2.29. The van der Waals surface area contributed by atoms with Crippen molar-refractivity contribution in [2.45, 2.75) is 25.3 Å². The number of halogens is 1. The molecule has 1 aromatic carbocycles. The molecule has 0 spiro atoms. The van der Waals surface area contributed by atoms with Gasteiger partial charge >= 0.3 is 0 Å². The van der Waals surface area contributed by atoms with E-state index in [0.29, 0.717) is 11.1 Å². The van der Waals surface area contributed by atoms with Crippen molar-refractivity contribution in [3.05, 3.63) is 28.8 Å². The summed E-state index contributed by atoms with van der Waals surface area (Å²) in [5.41, 5.74) is 1.74. The summed E-state index contributed by atoms with van der Waals surface area (Å²) in [5.74, 6) is 0. The summed E-state index contributed by atoms with van der Waals surface area (Å²) in [6, 6.07) is 8.49. The number of nitrogens with zero attached hydrogens (tertiary/aromatic N) is 3. The Morgan fingerprint density at radius 3 is 2.89 bits per heavy atom. The Labute approximate surface area is 119 Å². The number of nitriles is 1. The Kier molecular flexibility index (Phi) is 3.63. The molecule has 3 nitrogen and oxygen atoms in total. The topological polar surface area (TPSA) is 30.3 Å². The van der Waals surface area contributed by atoms with E-state index in [1.165, 1.54) is 25.9 Å². The van der Waals surface area contributed by atoms with Crippen molar-refractivity contribution in [3.8, 4) is 6.07 Å². The number of fused-ring (bicyclic) bond motifs is 1. The molecule has 2 saturated heterocycles. The van der Waals surface area contributed by atoms with Gasteiger partial charge in [0.05, 0.1) is 11.3 Å². The van der Waals surface area contributed by atoms with Crippen LogP contribution in [0.5, 0.6) is 0 Å². The molecule has 0 bridgehead atoms. The molecule has 0 aliphatic carbocycles. The van der Waals surface area contributed by atoms with Crippen molar-refractivity contribution >= 4 is 17.3 Å². The van der Waals surface area contributed by atoms with Crippen LogP contribution in [0.4, 0.5) is 5.69 Å². The van der Waals surface area contributed by atoms with Crippen LogP contribution < -0.4 is 4.90 Å². The highest BCUT2D eigenvalue weighted by molar-refractivity contribution is 6.30. The van der Waals surface area contributed by atoms with Crippen molar-refractivity contribution in [2.24, 2.45) is 0 Å². The quantitative estimate of drug-likeness (QED) is 0.789. The maximum atomic E-state index is 9.27. The standard InChI is InChI=1S/C15H18ClN3/c16-13-5-4-12(10-17)15(9-13)19-8-2-7-18-6-1-3-14(18)11-19/h4-5,9,14H,1-3,6-8,11H2. The van der Waals surface area contributed by atoms with Gasteiger partial charge in [-0.1, -0.05) is 11.6 Å². The first-order chi connectivity index (χ1) is 9.28. The van der Waals surface area contributed by atoms with E-state index in [9.17, 15) is 5.26 Å². The number of anilines is 1. The van der Waals surface area contributed by atoms with Crippen LogP contribution in [0.25, 0.3) is 0 Å². The van der Waals surface area contributed by atoms with Crippen molar-refractivity contribution in [3.63, 3.8) is 0 Å². The van der Waals surface area contributed by atoms with E-state index in [0.717, 1.165) is 30.8 Å². The molecule has 0 radical (unpaired) electrons. The molecule has 2 aliphatic rings. The molecule has 100 valence electrons. The maximum absolute atomic E-state index is 9.27. The van der Waals surface area contributed by atoms with Gasteiger partial charge in [0.15, 0.2) is 0 Å². The summed E-state index contributed by atoms with van der Waals surface area (Å²) in [6.45, 7) is 4.46. The Bertz CT molecular complexity index is 509. The summed E-state index contributed by atoms with van der Waals surface area (Å²) in [5, 5.41) is 9.98. The van der Waals surface area contributed by atoms with Gasteiger partial charge in [-0.2, -0.15) is 5.26 Å². The molecule has 0 amide bonds. The summed E-state index contributed by atoms with van der Waals surface area (Å²) in [6.07, 6.45) is 3.74. The molecule has 2 fully saturated rings. The predicted octanol–water partition coefficient (Wildman–Crippen LogP) is 2.89. The molecule has 2 aliphatic heterocycles. The molecule has 1 atom stereocenters. The van der Waals surface area contributed by atoms with Gasteiger partial charge in [-0.3, -0.25) is 4.90 Å². The third-order valence-electron chi connectivity index (χ3n) is 4.22. The van der Waals surface area contributed by atoms with Gasteiger partial charge < -0.3 is 4.90 Å². The lowest BCUT2D eigenvalue weighted by Gasteiger charge is -2.28. The Morgan fingerprint density at radius 2 is 2.05 bits per heavy atom.